The molecule has 4 heteroatoms. The molecule has 1 heterocycles. The van der Waals surface area contributed by atoms with Crippen LogP contribution in [0.5, 0.6) is 0 Å². The summed E-state index contributed by atoms with van der Waals surface area (Å²) in [6.45, 7) is 0.525. The zero-order chi connectivity index (χ0) is 9.10. The number of hydrogen-bond donors (Lipinski definition) is 1. The molecule has 2 nitrogen and oxygen atoms in total. The monoisotopic (exact) mass is 290 g/mol. The number of hydrogen-bond acceptors (Lipinski definition) is 3. The van der Waals surface area contributed by atoms with Crippen LogP contribution in [0, 0.1) is 7.43 Å². The Balaban J connectivity index is 0.000000980. The molecule has 0 atom stereocenters. The maximum absolute atomic E-state index is 5.49. The van der Waals surface area contributed by atoms with Crippen molar-refractivity contribution in [3.05, 3.63) is 48.1 Å². The van der Waals surface area contributed by atoms with Crippen LogP contribution in [0.1, 0.15) is 5.01 Å². The first-order chi connectivity index (χ1) is 6.40. The molecule has 0 bridgehead atoms. The van der Waals surface area contributed by atoms with Gasteiger partial charge in [0.05, 0.1) is 5.69 Å². The van der Waals surface area contributed by atoms with E-state index in [2.05, 4.69) is 17.1 Å². The molecule has 1 aromatic heterocycles. The van der Waals surface area contributed by atoms with Gasteiger partial charge in [-0.15, -0.1) is 11.3 Å². The van der Waals surface area contributed by atoms with E-state index in [1.54, 1.807) is 11.3 Å². The Morgan fingerprint density at radius 2 is 1.87 bits per heavy atom. The van der Waals surface area contributed by atoms with Crippen LogP contribution in [0.15, 0.2) is 35.7 Å². The van der Waals surface area contributed by atoms with Crippen molar-refractivity contribution in [3.8, 4) is 11.3 Å². The molecule has 1 aromatic carbocycles. The van der Waals surface area contributed by atoms with Gasteiger partial charge in [-0.1, -0.05) is 30.3 Å². The van der Waals surface area contributed by atoms with Gasteiger partial charge in [0.2, 0.25) is 0 Å². The van der Waals surface area contributed by atoms with Gasteiger partial charge in [0.25, 0.3) is 0 Å². The van der Waals surface area contributed by atoms with E-state index in [-0.39, 0.29) is 65.6 Å². The number of rotatable bonds is 2. The van der Waals surface area contributed by atoms with Crippen LogP contribution in [0.4, 0.5) is 0 Å². The van der Waals surface area contributed by atoms with Crippen molar-refractivity contribution < 1.29 is 58.2 Å². The first-order valence-electron chi connectivity index (χ1n) is 4.10. The molecule has 2 N–H and O–H groups in total. The molecule has 0 radical (unpaired) electrons. The van der Waals surface area contributed by atoms with Crippen LogP contribution in [0.2, 0.25) is 0 Å². The molecule has 0 saturated carbocycles. The topological polar surface area (TPSA) is 38.9 Å². The van der Waals surface area contributed by atoms with E-state index in [4.69, 9.17) is 5.73 Å². The second-order valence-corrected chi connectivity index (χ2v) is 3.64. The van der Waals surface area contributed by atoms with E-state index in [0.717, 1.165) is 16.3 Å². The molecule has 0 amide bonds. The molecule has 2 aromatic rings. The van der Waals surface area contributed by atoms with Crippen molar-refractivity contribution in [2.45, 2.75) is 6.54 Å². The van der Waals surface area contributed by atoms with Crippen molar-refractivity contribution >= 4 is 11.3 Å². The molecule has 2 rings (SSSR count). The predicted molar refractivity (Wildman–Crippen MR) is 61.9 cm³/mol. The first-order valence-corrected chi connectivity index (χ1v) is 4.98. The van der Waals surface area contributed by atoms with Gasteiger partial charge in [-0.2, -0.15) is 0 Å². The summed E-state index contributed by atoms with van der Waals surface area (Å²) in [5, 5.41) is 3.02. The van der Waals surface area contributed by atoms with E-state index in [9.17, 15) is 0 Å². The second-order valence-electron chi connectivity index (χ2n) is 2.70. The minimum atomic E-state index is 0. The van der Waals surface area contributed by atoms with Gasteiger partial charge in [-0.05, 0) is 0 Å². The fourth-order valence-corrected chi connectivity index (χ4v) is 1.83. The molecular weight excluding hydrogens is 278 g/mol. The standard InChI is InChI=1S/C10H10N2S.CH3.Rb/c11-6-10-12-9(7-13-10)8-4-2-1-3-5-8;;/h1-5,7H,6,11H2;1H3;/q;-1;+1. The molecule has 15 heavy (non-hydrogen) atoms. The third-order valence-corrected chi connectivity index (χ3v) is 2.67. The minimum absolute atomic E-state index is 0. The van der Waals surface area contributed by atoms with Crippen LogP contribution in [0.3, 0.4) is 0 Å². The van der Waals surface area contributed by atoms with Crippen molar-refractivity contribution in [3.63, 3.8) is 0 Å². The Morgan fingerprint density at radius 3 is 2.40 bits per heavy atom. The van der Waals surface area contributed by atoms with Crippen molar-refractivity contribution in [2.24, 2.45) is 5.73 Å². The fraction of sp³-hybridized carbons (Fsp3) is 0.0909. The van der Waals surface area contributed by atoms with Gasteiger partial charge in [0, 0.05) is 17.5 Å². The van der Waals surface area contributed by atoms with Crippen LogP contribution in [-0.2, 0) is 6.54 Å². The number of benzene rings is 1. The van der Waals surface area contributed by atoms with Crippen LogP contribution in [0.25, 0.3) is 11.3 Å². The number of nitrogens with zero attached hydrogens (tertiary/aromatic N) is 1. The van der Waals surface area contributed by atoms with Crippen molar-refractivity contribution in [1.29, 1.82) is 0 Å². The van der Waals surface area contributed by atoms with E-state index < -0.39 is 0 Å². The van der Waals surface area contributed by atoms with Gasteiger partial charge < -0.3 is 13.2 Å². The normalized spacial score (nSPS) is 8.87. The molecule has 0 unspecified atom stereocenters. The number of thiazole rings is 1. The fourth-order valence-electron chi connectivity index (χ4n) is 1.15. The summed E-state index contributed by atoms with van der Waals surface area (Å²) in [5.74, 6) is 0. The first kappa shape index (κ1) is 15.6. The third kappa shape index (κ3) is 4.17. The summed E-state index contributed by atoms with van der Waals surface area (Å²) in [5.41, 5.74) is 7.66. The second kappa shape index (κ2) is 7.82. The summed E-state index contributed by atoms with van der Waals surface area (Å²) in [6.07, 6.45) is 0. The smallest absolute Gasteiger partial charge is 0.358 e. The van der Waals surface area contributed by atoms with Gasteiger partial charge in [-0.3, -0.25) is 0 Å². The van der Waals surface area contributed by atoms with Crippen LogP contribution in [-0.4, -0.2) is 4.98 Å². The molecule has 0 aliphatic carbocycles. The Labute approximate surface area is 144 Å². The molecule has 0 aliphatic heterocycles. The van der Waals surface area contributed by atoms with E-state index >= 15 is 0 Å². The average Bonchev–Trinajstić information content (AvgIpc) is 2.67. The van der Waals surface area contributed by atoms with Crippen molar-refractivity contribution in [1.82, 2.24) is 4.98 Å². The zero-order valence-electron chi connectivity index (χ0n) is 9.10. The Bertz CT molecular complexity index is 386. The third-order valence-electron chi connectivity index (χ3n) is 1.80. The summed E-state index contributed by atoms with van der Waals surface area (Å²) in [6, 6.07) is 10.1. The predicted octanol–water partition coefficient (Wildman–Crippen LogP) is -0.277. The van der Waals surface area contributed by atoms with Crippen LogP contribution >= 0.6 is 11.3 Å². The largest absolute Gasteiger partial charge is 1.00 e. The summed E-state index contributed by atoms with van der Waals surface area (Å²) in [7, 11) is 0. The summed E-state index contributed by atoms with van der Waals surface area (Å²) >= 11 is 1.61. The minimum Gasteiger partial charge on any atom is -0.358 e. The van der Waals surface area contributed by atoms with E-state index in [0.29, 0.717) is 6.54 Å². The molecule has 0 fully saturated rings. The number of nitrogens with two attached hydrogens (primary N) is 1. The average molecular weight is 291 g/mol. The SMILES string of the molecule is NCc1nc(-c2ccccc2)cs1.[CH3-].[Rb+]. The van der Waals surface area contributed by atoms with Gasteiger partial charge in [0.15, 0.2) is 0 Å². The van der Waals surface area contributed by atoms with Gasteiger partial charge >= 0.3 is 58.2 Å². The molecule has 0 saturated heterocycles. The molecular formula is C11H13N2RbS. The molecule has 74 valence electrons. The van der Waals surface area contributed by atoms with Crippen molar-refractivity contribution in [2.75, 3.05) is 0 Å². The van der Waals surface area contributed by atoms with E-state index in [1.807, 2.05) is 23.6 Å². The molecule has 0 spiro atoms. The van der Waals surface area contributed by atoms with Gasteiger partial charge in [0.1, 0.15) is 5.01 Å². The van der Waals surface area contributed by atoms with E-state index in [1.165, 1.54) is 0 Å². The zero-order valence-corrected chi connectivity index (χ0v) is 14.8. The van der Waals surface area contributed by atoms with Gasteiger partial charge in [-0.25, -0.2) is 4.98 Å². The summed E-state index contributed by atoms with van der Waals surface area (Å²) < 4.78 is 0. The number of aromatic nitrogens is 1. The Kier molecular flexibility index (Phi) is 8.14. The Morgan fingerprint density at radius 1 is 1.20 bits per heavy atom. The molecule has 0 aliphatic rings. The quantitative estimate of drug-likeness (QED) is 0.773. The maximum Gasteiger partial charge on any atom is 1.00 e. The summed E-state index contributed by atoms with van der Waals surface area (Å²) in [4.78, 5) is 4.39. The Hall–Kier alpha value is 0.615. The van der Waals surface area contributed by atoms with Crippen LogP contribution < -0.4 is 63.9 Å². The maximum atomic E-state index is 5.49.